The van der Waals surface area contributed by atoms with Crippen LogP contribution in [0.1, 0.15) is 0 Å². The summed E-state index contributed by atoms with van der Waals surface area (Å²) in [5.74, 6) is 0. The van der Waals surface area contributed by atoms with Gasteiger partial charge >= 0.3 is 0 Å². The van der Waals surface area contributed by atoms with Crippen LogP contribution in [0.2, 0.25) is 0 Å². The largest absolute Gasteiger partial charge is 0.427 e. The van der Waals surface area contributed by atoms with Gasteiger partial charge in [-0.2, -0.15) is 4.73 Å². The third-order valence-corrected chi connectivity index (χ3v) is 0.738. The van der Waals surface area contributed by atoms with E-state index in [0.29, 0.717) is 4.73 Å². The fourth-order valence-electron chi connectivity index (χ4n) is 0.355. The lowest BCUT2D eigenvalue weighted by Crippen LogP contribution is -2.15. The average molecular weight is 148 g/mol. The van der Waals surface area contributed by atoms with Gasteiger partial charge in [0, 0.05) is 6.20 Å². The molecule has 0 unspecified atom stereocenters. The maximum atomic E-state index is 8.61. The van der Waals surface area contributed by atoms with Crippen molar-refractivity contribution in [3.05, 3.63) is 24.1 Å². The first-order valence-electron chi connectivity index (χ1n) is 2.07. The van der Waals surface area contributed by atoms with Gasteiger partial charge in [0.05, 0.1) is 12.4 Å². The smallest absolute Gasteiger partial charge is 0.179 e. The van der Waals surface area contributed by atoms with Crippen LogP contribution in [0.3, 0.4) is 0 Å². The van der Waals surface area contributed by atoms with E-state index < -0.39 is 0 Å². The van der Waals surface area contributed by atoms with Crippen LogP contribution >= 0.6 is 12.4 Å². The van der Waals surface area contributed by atoms with Gasteiger partial charge in [-0.1, -0.05) is 0 Å². The molecule has 1 heterocycles. The second kappa shape index (κ2) is 3.09. The minimum Gasteiger partial charge on any atom is -0.427 e. The Bertz CT molecular complexity index is 233. The van der Waals surface area contributed by atoms with E-state index in [1.54, 1.807) is 0 Å². The molecule has 0 bridgehead atoms. The molecule has 1 rings (SSSR count). The van der Waals surface area contributed by atoms with Crippen molar-refractivity contribution in [1.82, 2.24) is 9.71 Å². The van der Waals surface area contributed by atoms with E-state index in [1.165, 1.54) is 18.6 Å². The molecule has 0 aliphatic rings. The predicted molar refractivity (Wildman–Crippen MR) is 32.5 cm³/mol. The first-order valence-corrected chi connectivity index (χ1v) is 2.07. The van der Waals surface area contributed by atoms with Crippen LogP contribution in [0.5, 0.6) is 0 Å². The molecule has 5 heteroatoms. The Morgan fingerprint density at radius 1 is 1.67 bits per heavy atom. The van der Waals surface area contributed by atoms with Crippen molar-refractivity contribution in [2.45, 2.75) is 0 Å². The van der Waals surface area contributed by atoms with E-state index in [4.69, 9.17) is 10.6 Å². The zero-order chi connectivity index (χ0) is 5.98. The number of hydrogen-bond acceptors (Lipinski definition) is 3. The average Bonchev–Trinajstić information content (AvgIpc) is 1.77. The molecule has 0 atom stereocenters. The molecule has 0 aliphatic heterocycles. The van der Waals surface area contributed by atoms with Crippen molar-refractivity contribution in [3.63, 3.8) is 0 Å². The Labute approximate surface area is 57.7 Å². The summed E-state index contributed by atoms with van der Waals surface area (Å²) in [6, 6.07) is 0. The molecular weight excluding hydrogens is 142 g/mol. The van der Waals surface area contributed by atoms with Crippen LogP contribution < -0.4 is 5.49 Å². The van der Waals surface area contributed by atoms with Crippen molar-refractivity contribution in [1.29, 1.82) is 5.41 Å². The number of rotatable bonds is 0. The summed E-state index contributed by atoms with van der Waals surface area (Å²) in [4.78, 5) is 3.58. The van der Waals surface area contributed by atoms with E-state index in [0.717, 1.165) is 0 Å². The maximum Gasteiger partial charge on any atom is 0.179 e. The Morgan fingerprint density at radius 3 is 2.67 bits per heavy atom. The summed E-state index contributed by atoms with van der Waals surface area (Å²) in [6.45, 7) is 0. The Hall–Kier alpha value is -1.03. The molecule has 0 aromatic carbocycles. The molecule has 9 heavy (non-hydrogen) atoms. The quantitative estimate of drug-likeness (QED) is 0.509. The summed E-state index contributed by atoms with van der Waals surface area (Å²) < 4.78 is 0.688. The van der Waals surface area contributed by atoms with Gasteiger partial charge in [0.25, 0.3) is 0 Å². The van der Waals surface area contributed by atoms with Gasteiger partial charge in [0.2, 0.25) is 0 Å². The minimum atomic E-state index is -0.0208. The molecule has 2 N–H and O–H groups in total. The molecule has 50 valence electrons. The van der Waals surface area contributed by atoms with E-state index >= 15 is 0 Å². The summed E-state index contributed by atoms with van der Waals surface area (Å²) in [6.07, 6.45) is 3.94. The van der Waals surface area contributed by atoms with Crippen LogP contribution in [0.15, 0.2) is 18.6 Å². The second-order valence-corrected chi connectivity index (χ2v) is 1.31. The standard InChI is InChI=1S/C4H5N3O.ClH/c5-4-3-6-1-2-7(4)8;/h1-3,5,8H;1H. The highest BCUT2D eigenvalue weighted by atomic mass is 35.5. The van der Waals surface area contributed by atoms with Crippen LogP contribution in [0, 0.1) is 5.41 Å². The molecular formula is C4H6ClN3O. The summed E-state index contributed by atoms with van der Waals surface area (Å²) >= 11 is 0. The topological polar surface area (TPSA) is 61.9 Å². The lowest BCUT2D eigenvalue weighted by atomic mass is 10.7. The monoisotopic (exact) mass is 147 g/mol. The van der Waals surface area contributed by atoms with E-state index in [9.17, 15) is 0 Å². The SMILES string of the molecule is Cl.N=c1cnccn1O. The Balaban J connectivity index is 0.000000640. The molecule has 0 amide bonds. The zero-order valence-electron chi connectivity index (χ0n) is 4.48. The fraction of sp³-hybridized carbons (Fsp3) is 0. The second-order valence-electron chi connectivity index (χ2n) is 1.31. The van der Waals surface area contributed by atoms with Crippen molar-refractivity contribution in [3.8, 4) is 0 Å². The van der Waals surface area contributed by atoms with Gasteiger partial charge in [0.15, 0.2) is 5.49 Å². The normalized spacial score (nSPS) is 8.00. The number of nitrogens with one attached hydrogen (secondary N) is 1. The number of hydrogen-bond donors (Lipinski definition) is 2. The van der Waals surface area contributed by atoms with Gasteiger partial charge in [-0.25, -0.2) is 0 Å². The van der Waals surface area contributed by atoms with Gasteiger partial charge in [0.1, 0.15) is 0 Å². The summed E-state index contributed by atoms with van der Waals surface area (Å²) in [5.41, 5.74) is -0.0208. The predicted octanol–water partition coefficient (Wildman–Crippen LogP) is 0.0217. The highest BCUT2D eigenvalue weighted by Crippen LogP contribution is 1.65. The van der Waals surface area contributed by atoms with Crippen molar-refractivity contribution in [2.24, 2.45) is 0 Å². The molecule has 0 saturated carbocycles. The number of halogens is 1. The Morgan fingerprint density at radius 2 is 2.33 bits per heavy atom. The fourth-order valence-corrected chi connectivity index (χ4v) is 0.355. The highest BCUT2D eigenvalue weighted by Gasteiger charge is 1.79. The molecule has 1 aromatic heterocycles. The van der Waals surface area contributed by atoms with Crippen LogP contribution in [0.4, 0.5) is 0 Å². The van der Waals surface area contributed by atoms with Gasteiger partial charge < -0.3 is 5.21 Å². The summed E-state index contributed by atoms with van der Waals surface area (Å²) in [7, 11) is 0. The van der Waals surface area contributed by atoms with Gasteiger partial charge in [-0.3, -0.25) is 10.4 Å². The van der Waals surface area contributed by atoms with Crippen LogP contribution in [-0.2, 0) is 0 Å². The number of nitrogens with zero attached hydrogens (tertiary/aromatic N) is 2. The minimum absolute atomic E-state index is 0. The highest BCUT2D eigenvalue weighted by molar-refractivity contribution is 5.85. The van der Waals surface area contributed by atoms with E-state index in [-0.39, 0.29) is 17.9 Å². The maximum absolute atomic E-state index is 8.61. The van der Waals surface area contributed by atoms with Crippen LogP contribution in [0.25, 0.3) is 0 Å². The van der Waals surface area contributed by atoms with Crippen molar-refractivity contribution in [2.75, 3.05) is 0 Å². The lowest BCUT2D eigenvalue weighted by molar-refractivity contribution is 0.169. The van der Waals surface area contributed by atoms with E-state index in [1.807, 2.05) is 0 Å². The van der Waals surface area contributed by atoms with Gasteiger partial charge in [-0.15, -0.1) is 12.4 Å². The van der Waals surface area contributed by atoms with Crippen molar-refractivity contribution >= 4 is 12.4 Å². The third kappa shape index (κ3) is 1.73. The molecule has 1 aromatic rings. The number of aromatic nitrogens is 2. The lowest BCUT2D eigenvalue weighted by Gasteiger charge is -1.90. The third-order valence-electron chi connectivity index (χ3n) is 0.738. The first-order chi connectivity index (χ1) is 3.80. The molecule has 0 aliphatic carbocycles. The molecule has 0 fully saturated rings. The first kappa shape index (κ1) is 7.97. The van der Waals surface area contributed by atoms with Crippen molar-refractivity contribution < 1.29 is 5.21 Å². The van der Waals surface area contributed by atoms with Gasteiger partial charge in [-0.05, 0) is 0 Å². The van der Waals surface area contributed by atoms with E-state index in [2.05, 4.69) is 4.98 Å². The Kier molecular flexibility index (Phi) is 2.73. The molecule has 0 radical (unpaired) electrons. The van der Waals surface area contributed by atoms with Crippen LogP contribution in [-0.4, -0.2) is 14.9 Å². The molecule has 0 saturated heterocycles. The molecule has 0 spiro atoms. The molecule has 4 nitrogen and oxygen atoms in total. The zero-order valence-corrected chi connectivity index (χ0v) is 5.30. The summed E-state index contributed by atoms with van der Waals surface area (Å²) in [5, 5.41) is 15.5.